The van der Waals surface area contributed by atoms with Gasteiger partial charge >= 0.3 is 6.03 Å². The van der Waals surface area contributed by atoms with E-state index in [1.54, 1.807) is 14.0 Å². The van der Waals surface area contributed by atoms with Gasteiger partial charge in [-0.2, -0.15) is 5.10 Å². The Balaban J connectivity index is 2.39. The first-order valence-electron chi connectivity index (χ1n) is 6.09. The number of nitrogens with zero attached hydrogens (tertiary/aromatic N) is 2. The molecule has 2 atom stereocenters. The molecule has 0 bridgehead atoms. The number of nitrogens with one attached hydrogen (secondary N) is 2. The summed E-state index contributed by atoms with van der Waals surface area (Å²) in [6.45, 7) is 5.84. The molecule has 6 nitrogen and oxygen atoms in total. The van der Waals surface area contributed by atoms with E-state index in [-0.39, 0.29) is 12.1 Å². The molecule has 0 aromatic carbocycles. The average Bonchev–Trinajstić information content (AvgIpc) is 2.62. The van der Waals surface area contributed by atoms with Crippen LogP contribution in [0.4, 0.5) is 4.79 Å². The summed E-state index contributed by atoms with van der Waals surface area (Å²) in [5.41, 5.74) is 1.94. The zero-order valence-corrected chi connectivity index (χ0v) is 11.4. The van der Waals surface area contributed by atoms with Gasteiger partial charge in [-0.1, -0.05) is 0 Å². The van der Waals surface area contributed by atoms with Crippen molar-refractivity contribution >= 4 is 6.03 Å². The van der Waals surface area contributed by atoms with E-state index in [9.17, 15) is 9.90 Å². The van der Waals surface area contributed by atoms with Gasteiger partial charge in [0.1, 0.15) is 0 Å². The van der Waals surface area contributed by atoms with Crippen LogP contribution in [0.1, 0.15) is 25.2 Å². The van der Waals surface area contributed by atoms with Crippen molar-refractivity contribution in [2.75, 3.05) is 13.6 Å². The number of aromatic amines is 1. The Hall–Kier alpha value is -1.56. The molecule has 3 N–H and O–H groups in total. The summed E-state index contributed by atoms with van der Waals surface area (Å²) in [6.07, 6.45) is 0.156. The van der Waals surface area contributed by atoms with Gasteiger partial charge in [0.15, 0.2) is 0 Å². The molecule has 6 heteroatoms. The molecule has 1 aromatic rings. The lowest BCUT2D eigenvalue weighted by Crippen LogP contribution is -2.44. The number of carbonyl (C=O) groups is 1. The number of carbonyl (C=O) groups excluding carboxylic acids is 1. The zero-order valence-electron chi connectivity index (χ0n) is 11.4. The second-order valence-corrected chi connectivity index (χ2v) is 4.83. The Bertz CT molecular complexity index is 389. The van der Waals surface area contributed by atoms with E-state index in [1.807, 2.05) is 19.9 Å². The largest absolute Gasteiger partial charge is 0.392 e. The lowest BCUT2D eigenvalue weighted by molar-refractivity contribution is 0.142. The normalized spacial score (nSPS) is 14.1. The highest BCUT2D eigenvalue weighted by Crippen LogP contribution is 2.02. The van der Waals surface area contributed by atoms with E-state index in [4.69, 9.17) is 0 Å². The number of amides is 2. The molecule has 0 aliphatic heterocycles. The summed E-state index contributed by atoms with van der Waals surface area (Å²) in [5, 5.41) is 19.1. The Morgan fingerprint density at radius 1 is 1.61 bits per heavy atom. The quantitative estimate of drug-likeness (QED) is 0.722. The molecule has 0 saturated heterocycles. The van der Waals surface area contributed by atoms with Crippen molar-refractivity contribution in [1.29, 1.82) is 0 Å². The number of aromatic nitrogens is 2. The van der Waals surface area contributed by atoms with Crippen molar-refractivity contribution in [2.45, 2.75) is 39.3 Å². The summed E-state index contributed by atoms with van der Waals surface area (Å²) in [7, 11) is 1.66. The molecule has 102 valence electrons. The SMILES string of the molecule is Cc1cc(CC(C)NC(=O)N(C)CC(C)O)n[nH]1. The molecule has 0 aliphatic rings. The molecule has 1 heterocycles. The molecule has 0 radical (unpaired) electrons. The zero-order chi connectivity index (χ0) is 13.7. The molecule has 0 spiro atoms. The maximum atomic E-state index is 11.8. The first-order valence-corrected chi connectivity index (χ1v) is 6.09. The minimum Gasteiger partial charge on any atom is -0.392 e. The third-order valence-corrected chi connectivity index (χ3v) is 2.53. The number of aliphatic hydroxyl groups excluding tert-OH is 1. The van der Waals surface area contributed by atoms with E-state index >= 15 is 0 Å². The van der Waals surface area contributed by atoms with Crippen LogP contribution < -0.4 is 5.32 Å². The van der Waals surface area contributed by atoms with Gasteiger partial charge in [-0.25, -0.2) is 4.79 Å². The van der Waals surface area contributed by atoms with E-state index < -0.39 is 6.10 Å². The first kappa shape index (κ1) is 14.5. The van der Waals surface area contributed by atoms with Crippen molar-refractivity contribution in [3.8, 4) is 0 Å². The summed E-state index contributed by atoms with van der Waals surface area (Å²) in [5.74, 6) is 0. The standard InChI is InChI=1S/C12H22N4O2/c1-8(5-11-6-9(2)14-15-11)13-12(18)16(4)7-10(3)17/h6,8,10,17H,5,7H2,1-4H3,(H,13,18)(H,14,15). The third-order valence-electron chi connectivity index (χ3n) is 2.53. The highest BCUT2D eigenvalue weighted by atomic mass is 16.3. The van der Waals surface area contributed by atoms with Crippen LogP contribution in [-0.2, 0) is 6.42 Å². The molecule has 0 fully saturated rings. The lowest BCUT2D eigenvalue weighted by atomic mass is 10.2. The summed E-state index contributed by atoms with van der Waals surface area (Å²) in [6, 6.07) is 1.77. The number of hydrogen-bond acceptors (Lipinski definition) is 3. The highest BCUT2D eigenvalue weighted by molar-refractivity contribution is 5.74. The van der Waals surface area contributed by atoms with Gasteiger partial charge in [0.05, 0.1) is 11.8 Å². The smallest absolute Gasteiger partial charge is 0.317 e. The monoisotopic (exact) mass is 254 g/mol. The molecule has 18 heavy (non-hydrogen) atoms. The van der Waals surface area contributed by atoms with Gasteiger partial charge in [0.2, 0.25) is 0 Å². The Morgan fingerprint density at radius 3 is 2.78 bits per heavy atom. The van der Waals surface area contributed by atoms with Gasteiger partial charge in [-0.3, -0.25) is 5.10 Å². The molecule has 2 amide bonds. The van der Waals surface area contributed by atoms with Crippen molar-refractivity contribution in [2.24, 2.45) is 0 Å². The molecule has 1 aromatic heterocycles. The Morgan fingerprint density at radius 2 is 2.28 bits per heavy atom. The van der Waals surface area contributed by atoms with Crippen molar-refractivity contribution in [1.82, 2.24) is 20.4 Å². The molecule has 0 aliphatic carbocycles. The Labute approximate surface area is 107 Å². The fourth-order valence-corrected chi connectivity index (χ4v) is 1.74. The Kier molecular flexibility index (Phi) is 5.15. The molecular formula is C12H22N4O2. The average molecular weight is 254 g/mol. The van der Waals surface area contributed by atoms with E-state index in [1.165, 1.54) is 4.90 Å². The minimum atomic E-state index is -0.523. The predicted molar refractivity (Wildman–Crippen MR) is 69.3 cm³/mol. The topological polar surface area (TPSA) is 81.2 Å². The van der Waals surface area contributed by atoms with E-state index in [2.05, 4.69) is 15.5 Å². The molecule has 2 unspecified atom stereocenters. The lowest BCUT2D eigenvalue weighted by Gasteiger charge is -2.22. The van der Waals surface area contributed by atoms with Crippen LogP contribution >= 0.6 is 0 Å². The van der Waals surface area contributed by atoms with E-state index in [0.717, 1.165) is 11.4 Å². The number of likely N-dealkylation sites (N-methyl/N-ethyl adjacent to an activating group) is 1. The molecule has 0 saturated carbocycles. The maximum Gasteiger partial charge on any atom is 0.317 e. The number of aryl methyl sites for hydroxylation is 1. The maximum absolute atomic E-state index is 11.8. The number of aliphatic hydroxyl groups is 1. The summed E-state index contributed by atoms with van der Waals surface area (Å²) >= 11 is 0. The fraction of sp³-hybridized carbons (Fsp3) is 0.667. The predicted octanol–water partition coefficient (Wildman–Crippen LogP) is 0.671. The fourth-order valence-electron chi connectivity index (χ4n) is 1.74. The van der Waals surface area contributed by atoms with Crippen molar-refractivity contribution in [3.63, 3.8) is 0 Å². The van der Waals surface area contributed by atoms with Gasteiger partial charge in [0, 0.05) is 31.7 Å². The van der Waals surface area contributed by atoms with Gasteiger partial charge in [-0.05, 0) is 26.8 Å². The highest BCUT2D eigenvalue weighted by Gasteiger charge is 2.14. The van der Waals surface area contributed by atoms with Crippen LogP contribution in [0.2, 0.25) is 0 Å². The number of hydrogen-bond donors (Lipinski definition) is 3. The van der Waals surface area contributed by atoms with Crippen LogP contribution in [-0.4, -0.2) is 52.0 Å². The second kappa shape index (κ2) is 6.39. The van der Waals surface area contributed by atoms with Crippen LogP contribution in [0.5, 0.6) is 0 Å². The molecular weight excluding hydrogens is 232 g/mol. The minimum absolute atomic E-state index is 0.00310. The number of rotatable bonds is 5. The third kappa shape index (κ3) is 4.75. The van der Waals surface area contributed by atoms with Crippen LogP contribution in [0.3, 0.4) is 0 Å². The van der Waals surface area contributed by atoms with Gasteiger partial charge in [-0.15, -0.1) is 0 Å². The van der Waals surface area contributed by atoms with Crippen molar-refractivity contribution in [3.05, 3.63) is 17.5 Å². The van der Waals surface area contributed by atoms with Gasteiger partial charge in [0.25, 0.3) is 0 Å². The number of H-pyrrole nitrogens is 1. The number of urea groups is 1. The van der Waals surface area contributed by atoms with E-state index in [0.29, 0.717) is 13.0 Å². The summed E-state index contributed by atoms with van der Waals surface area (Å²) in [4.78, 5) is 13.2. The molecule has 1 rings (SSSR count). The summed E-state index contributed by atoms with van der Waals surface area (Å²) < 4.78 is 0. The first-order chi connectivity index (χ1) is 8.38. The van der Waals surface area contributed by atoms with Crippen LogP contribution in [0, 0.1) is 6.92 Å². The van der Waals surface area contributed by atoms with Crippen molar-refractivity contribution < 1.29 is 9.90 Å². The van der Waals surface area contributed by atoms with Crippen LogP contribution in [0.25, 0.3) is 0 Å². The van der Waals surface area contributed by atoms with Gasteiger partial charge < -0.3 is 15.3 Å². The second-order valence-electron chi connectivity index (χ2n) is 4.83. The van der Waals surface area contributed by atoms with Crippen LogP contribution in [0.15, 0.2) is 6.07 Å².